The van der Waals surface area contributed by atoms with Crippen molar-refractivity contribution in [3.63, 3.8) is 0 Å². The topological polar surface area (TPSA) is 41.1 Å². The lowest BCUT2D eigenvalue weighted by Crippen LogP contribution is -2.20. The minimum atomic E-state index is 0.724. The summed E-state index contributed by atoms with van der Waals surface area (Å²) >= 11 is 3.59. The van der Waals surface area contributed by atoms with Crippen molar-refractivity contribution in [3.05, 3.63) is 51.9 Å². The molecule has 1 heterocycles. The van der Waals surface area contributed by atoms with Crippen molar-refractivity contribution >= 4 is 21.7 Å². The monoisotopic (exact) mass is 348 g/mol. The molecule has 1 aromatic carbocycles. The molecule has 0 bridgehead atoms. The van der Waals surface area contributed by atoms with E-state index in [1.165, 1.54) is 5.56 Å². The number of hydrogen-bond donors (Lipinski definition) is 1. The largest absolute Gasteiger partial charge is 0.370 e. The van der Waals surface area contributed by atoms with E-state index in [0.717, 1.165) is 41.4 Å². The van der Waals surface area contributed by atoms with Crippen LogP contribution in [0.25, 0.3) is 0 Å². The molecular formula is C16H21BrN4. The Morgan fingerprint density at radius 1 is 1.19 bits per heavy atom. The molecular weight excluding hydrogens is 328 g/mol. The van der Waals surface area contributed by atoms with Crippen molar-refractivity contribution in [2.24, 2.45) is 0 Å². The minimum absolute atomic E-state index is 0.724. The van der Waals surface area contributed by atoms with Crippen LogP contribution >= 0.6 is 15.9 Å². The number of rotatable bonds is 6. The summed E-state index contributed by atoms with van der Waals surface area (Å²) < 4.78 is 1.13. The van der Waals surface area contributed by atoms with Crippen molar-refractivity contribution < 1.29 is 0 Å². The summed E-state index contributed by atoms with van der Waals surface area (Å²) in [6.45, 7) is 6.51. The lowest BCUT2D eigenvalue weighted by atomic mass is 10.2. The Morgan fingerprint density at radius 3 is 2.67 bits per heavy atom. The van der Waals surface area contributed by atoms with Gasteiger partial charge in [0, 0.05) is 29.3 Å². The molecule has 0 saturated heterocycles. The van der Waals surface area contributed by atoms with Crippen LogP contribution < -0.4 is 5.32 Å². The Labute approximate surface area is 134 Å². The van der Waals surface area contributed by atoms with Crippen LogP contribution in [0.1, 0.15) is 24.0 Å². The number of aromatic nitrogens is 2. The van der Waals surface area contributed by atoms with Crippen LogP contribution in [0.4, 0.5) is 5.82 Å². The summed E-state index contributed by atoms with van der Waals surface area (Å²) in [4.78, 5) is 11.3. The summed E-state index contributed by atoms with van der Waals surface area (Å²) in [7, 11) is 2.08. The molecule has 0 aliphatic carbocycles. The Bertz CT molecular complexity index is 601. The van der Waals surface area contributed by atoms with Crippen LogP contribution in [0.15, 0.2) is 34.8 Å². The van der Waals surface area contributed by atoms with Gasteiger partial charge in [0.25, 0.3) is 0 Å². The van der Waals surface area contributed by atoms with E-state index < -0.39 is 0 Å². The van der Waals surface area contributed by atoms with Gasteiger partial charge in [0.2, 0.25) is 0 Å². The van der Waals surface area contributed by atoms with Gasteiger partial charge in [-0.1, -0.05) is 34.1 Å². The Hall–Kier alpha value is -1.46. The fourth-order valence-corrected chi connectivity index (χ4v) is 2.60. The maximum absolute atomic E-state index is 4.55. The fraction of sp³-hybridized carbons (Fsp3) is 0.375. The third kappa shape index (κ3) is 4.79. The number of nitrogens with one attached hydrogen (secondary N) is 1. The van der Waals surface area contributed by atoms with Crippen molar-refractivity contribution in [3.8, 4) is 0 Å². The third-order valence-corrected chi connectivity index (χ3v) is 3.84. The van der Waals surface area contributed by atoms with Crippen LogP contribution in [-0.2, 0) is 13.1 Å². The highest BCUT2D eigenvalue weighted by Gasteiger charge is 2.08. The first-order valence-corrected chi connectivity index (χ1v) is 7.88. The van der Waals surface area contributed by atoms with Gasteiger partial charge >= 0.3 is 0 Å². The molecule has 0 fully saturated rings. The molecule has 0 atom stereocenters. The van der Waals surface area contributed by atoms with E-state index in [4.69, 9.17) is 0 Å². The van der Waals surface area contributed by atoms with E-state index in [2.05, 4.69) is 68.3 Å². The smallest absolute Gasteiger partial charge is 0.144 e. The highest BCUT2D eigenvalue weighted by molar-refractivity contribution is 9.10. The average molecular weight is 349 g/mol. The molecule has 1 aromatic heterocycles. The van der Waals surface area contributed by atoms with Gasteiger partial charge < -0.3 is 5.32 Å². The first-order chi connectivity index (χ1) is 10.1. The molecule has 2 aromatic rings. The molecule has 4 nitrogen and oxygen atoms in total. The van der Waals surface area contributed by atoms with Gasteiger partial charge in [0.1, 0.15) is 11.6 Å². The normalized spacial score (nSPS) is 10.9. The Kier molecular flexibility index (Phi) is 5.70. The second-order valence-electron chi connectivity index (χ2n) is 5.10. The van der Waals surface area contributed by atoms with E-state index >= 15 is 0 Å². The van der Waals surface area contributed by atoms with Crippen LogP contribution in [0.2, 0.25) is 0 Å². The van der Waals surface area contributed by atoms with Crippen LogP contribution in [0.3, 0.4) is 0 Å². The summed E-state index contributed by atoms with van der Waals surface area (Å²) in [5.74, 6) is 1.75. The molecule has 0 aliphatic rings. The van der Waals surface area contributed by atoms with E-state index in [1.807, 2.05) is 19.1 Å². The maximum atomic E-state index is 4.55. The number of hydrogen-bond acceptors (Lipinski definition) is 4. The zero-order chi connectivity index (χ0) is 15.2. The number of halogens is 1. The molecule has 0 aliphatic heterocycles. The van der Waals surface area contributed by atoms with Gasteiger partial charge in [-0.2, -0.15) is 0 Å². The highest BCUT2D eigenvalue weighted by atomic mass is 79.9. The summed E-state index contributed by atoms with van der Waals surface area (Å²) in [6.07, 6.45) is 0. The van der Waals surface area contributed by atoms with Gasteiger partial charge in [-0.05, 0) is 32.5 Å². The molecule has 21 heavy (non-hydrogen) atoms. The molecule has 0 unspecified atom stereocenters. The quantitative estimate of drug-likeness (QED) is 0.865. The molecule has 0 radical (unpaired) electrons. The van der Waals surface area contributed by atoms with Gasteiger partial charge in [0.15, 0.2) is 0 Å². The Balaban J connectivity index is 2.05. The maximum Gasteiger partial charge on any atom is 0.144 e. The fourth-order valence-electron chi connectivity index (χ4n) is 2.19. The molecule has 0 amide bonds. The van der Waals surface area contributed by atoms with E-state index in [1.54, 1.807) is 0 Å². The summed E-state index contributed by atoms with van der Waals surface area (Å²) in [5.41, 5.74) is 2.25. The Morgan fingerprint density at radius 2 is 1.95 bits per heavy atom. The van der Waals surface area contributed by atoms with Crippen molar-refractivity contribution in [2.75, 3.05) is 18.9 Å². The van der Waals surface area contributed by atoms with E-state index in [0.29, 0.717) is 0 Å². The zero-order valence-corrected chi connectivity index (χ0v) is 14.3. The van der Waals surface area contributed by atoms with Gasteiger partial charge in [-0.15, -0.1) is 0 Å². The molecule has 5 heteroatoms. The summed E-state index contributed by atoms with van der Waals surface area (Å²) in [6, 6.07) is 10.2. The second-order valence-corrected chi connectivity index (χ2v) is 5.96. The predicted octanol–water partition coefficient (Wildman–Crippen LogP) is 3.61. The van der Waals surface area contributed by atoms with E-state index in [9.17, 15) is 0 Å². The molecule has 0 spiro atoms. The van der Waals surface area contributed by atoms with Crippen LogP contribution in [0.5, 0.6) is 0 Å². The van der Waals surface area contributed by atoms with Gasteiger partial charge in [-0.3, -0.25) is 4.90 Å². The standard InChI is InChI=1S/C16H21BrN4/c1-4-18-15-9-12(2)19-16(20-15)11-21(3)10-13-7-5-6-8-14(13)17/h5-9H,4,10-11H2,1-3H3,(H,18,19,20). The molecule has 112 valence electrons. The van der Waals surface area contributed by atoms with E-state index in [-0.39, 0.29) is 0 Å². The number of nitrogens with zero attached hydrogens (tertiary/aromatic N) is 3. The number of aryl methyl sites for hydroxylation is 1. The predicted molar refractivity (Wildman–Crippen MR) is 90.2 cm³/mol. The summed E-state index contributed by atoms with van der Waals surface area (Å²) in [5, 5.41) is 3.24. The molecule has 2 rings (SSSR count). The SMILES string of the molecule is CCNc1cc(C)nc(CN(C)Cc2ccccc2Br)n1. The number of benzene rings is 1. The first-order valence-electron chi connectivity index (χ1n) is 7.09. The zero-order valence-electron chi connectivity index (χ0n) is 12.7. The van der Waals surface area contributed by atoms with Crippen LogP contribution in [-0.4, -0.2) is 28.5 Å². The van der Waals surface area contributed by atoms with Crippen molar-refractivity contribution in [1.29, 1.82) is 0 Å². The van der Waals surface area contributed by atoms with Crippen molar-refractivity contribution in [2.45, 2.75) is 26.9 Å². The minimum Gasteiger partial charge on any atom is -0.370 e. The molecule has 0 saturated carbocycles. The number of anilines is 1. The lowest BCUT2D eigenvalue weighted by Gasteiger charge is -2.17. The lowest BCUT2D eigenvalue weighted by molar-refractivity contribution is 0.310. The first kappa shape index (κ1) is 15.9. The van der Waals surface area contributed by atoms with Crippen molar-refractivity contribution in [1.82, 2.24) is 14.9 Å². The van der Waals surface area contributed by atoms with Crippen LogP contribution in [0, 0.1) is 6.92 Å². The molecule has 1 N–H and O–H groups in total. The van der Waals surface area contributed by atoms with Gasteiger partial charge in [-0.25, -0.2) is 9.97 Å². The van der Waals surface area contributed by atoms with Gasteiger partial charge in [0.05, 0.1) is 6.54 Å². The highest BCUT2D eigenvalue weighted by Crippen LogP contribution is 2.18. The third-order valence-electron chi connectivity index (χ3n) is 3.07. The second kappa shape index (κ2) is 7.52. The average Bonchev–Trinajstić information content (AvgIpc) is 2.41.